The quantitative estimate of drug-likeness (QED) is 0.802. The van der Waals surface area contributed by atoms with E-state index in [2.05, 4.69) is 5.32 Å². The first-order valence-electron chi connectivity index (χ1n) is 5.11. The maximum atomic E-state index is 12.4. The first-order chi connectivity index (χ1) is 7.50. The molecule has 0 fully saturated rings. The molecule has 0 aromatic heterocycles. The van der Waals surface area contributed by atoms with Crippen molar-refractivity contribution in [3.05, 3.63) is 23.8 Å². The third kappa shape index (κ3) is 2.08. The summed E-state index contributed by atoms with van der Waals surface area (Å²) in [4.78, 5) is 0. The lowest BCUT2D eigenvalue weighted by atomic mass is 10.1. The van der Waals surface area contributed by atoms with Gasteiger partial charge in [0.25, 0.3) is 0 Å². The minimum Gasteiger partial charge on any atom is -0.477 e. The number of hydrogen-bond donors (Lipinski definition) is 1. The average molecular weight is 231 g/mol. The van der Waals surface area contributed by atoms with Crippen LogP contribution in [0.1, 0.15) is 12.5 Å². The lowest BCUT2D eigenvalue weighted by Gasteiger charge is -2.29. The Bertz CT molecular complexity index is 389. The third-order valence-corrected chi connectivity index (χ3v) is 2.56. The molecule has 88 valence electrons. The number of ether oxygens (including phenoxy) is 1. The number of nitrogens with one attached hydrogen (secondary N) is 1. The molecule has 0 radical (unpaired) electrons. The van der Waals surface area contributed by atoms with E-state index in [0.717, 1.165) is 12.0 Å². The van der Waals surface area contributed by atoms with Crippen LogP contribution < -0.4 is 10.1 Å². The van der Waals surface area contributed by atoms with Gasteiger partial charge in [-0.3, -0.25) is 0 Å². The fraction of sp³-hybridized carbons (Fsp3) is 0.455. The topological polar surface area (TPSA) is 21.3 Å². The van der Waals surface area contributed by atoms with E-state index in [1.807, 2.05) is 13.0 Å². The highest BCUT2D eigenvalue weighted by atomic mass is 19.4. The number of fused-ring (bicyclic) bond motifs is 1. The zero-order valence-electron chi connectivity index (χ0n) is 8.77. The number of anilines is 1. The molecular formula is C11H12F3NO. The van der Waals surface area contributed by atoms with Gasteiger partial charge in [0, 0.05) is 0 Å². The Hall–Kier alpha value is -1.39. The summed E-state index contributed by atoms with van der Waals surface area (Å²) in [6, 6.07) is 5.18. The molecule has 1 N–H and O–H groups in total. The van der Waals surface area contributed by atoms with Gasteiger partial charge >= 0.3 is 6.18 Å². The van der Waals surface area contributed by atoms with E-state index in [0.29, 0.717) is 5.69 Å². The van der Waals surface area contributed by atoms with Crippen molar-refractivity contribution in [1.82, 2.24) is 0 Å². The number of hydrogen-bond acceptors (Lipinski definition) is 2. The number of alkyl halides is 3. The first kappa shape index (κ1) is 11.1. The van der Waals surface area contributed by atoms with Gasteiger partial charge in [-0.15, -0.1) is 0 Å². The zero-order valence-corrected chi connectivity index (χ0v) is 8.77. The maximum absolute atomic E-state index is 12.4. The van der Waals surface area contributed by atoms with Crippen LogP contribution >= 0.6 is 0 Å². The molecule has 2 nitrogen and oxygen atoms in total. The normalized spacial score (nSPS) is 19.6. The zero-order chi connectivity index (χ0) is 11.8. The van der Waals surface area contributed by atoms with Crippen molar-refractivity contribution in [2.45, 2.75) is 25.6 Å². The van der Waals surface area contributed by atoms with Crippen LogP contribution in [0.3, 0.4) is 0 Å². The molecule has 5 heteroatoms. The molecule has 2 rings (SSSR count). The highest BCUT2D eigenvalue weighted by Crippen LogP contribution is 2.34. The van der Waals surface area contributed by atoms with Crippen molar-refractivity contribution < 1.29 is 17.9 Å². The van der Waals surface area contributed by atoms with Gasteiger partial charge in [-0.05, 0) is 24.1 Å². The van der Waals surface area contributed by atoms with Gasteiger partial charge in [-0.25, -0.2) is 0 Å². The molecule has 16 heavy (non-hydrogen) atoms. The summed E-state index contributed by atoms with van der Waals surface area (Å²) >= 11 is 0. The van der Waals surface area contributed by atoms with Crippen LogP contribution in [0.15, 0.2) is 18.2 Å². The van der Waals surface area contributed by atoms with Crippen molar-refractivity contribution in [2.75, 3.05) is 11.9 Å². The maximum Gasteiger partial charge on any atom is 0.427 e. The standard InChI is InChI=1S/C11H12F3NO/c1-2-7-3-4-9-8(5-7)15-6-10(16-9)11(12,13)14/h3-5,10,15H,2,6H2,1H3. The molecule has 1 aromatic carbocycles. The summed E-state index contributed by atoms with van der Waals surface area (Å²) in [5, 5.41) is 2.75. The molecule has 0 spiro atoms. The molecule has 1 heterocycles. The van der Waals surface area contributed by atoms with Crippen LogP contribution in [0.5, 0.6) is 5.75 Å². The lowest BCUT2D eigenvalue weighted by molar-refractivity contribution is -0.191. The lowest BCUT2D eigenvalue weighted by Crippen LogP contribution is -2.42. The van der Waals surface area contributed by atoms with Crippen molar-refractivity contribution in [2.24, 2.45) is 0 Å². The van der Waals surface area contributed by atoms with Crippen LogP contribution in [0, 0.1) is 0 Å². The molecule has 0 amide bonds. The summed E-state index contributed by atoms with van der Waals surface area (Å²) in [6.45, 7) is 1.76. The Balaban J connectivity index is 2.22. The van der Waals surface area contributed by atoms with Crippen LogP contribution in [0.25, 0.3) is 0 Å². The van der Waals surface area contributed by atoms with E-state index >= 15 is 0 Å². The summed E-state index contributed by atoms with van der Waals surface area (Å²) in [5.74, 6) is 0.269. The molecule has 0 saturated carbocycles. The van der Waals surface area contributed by atoms with Gasteiger partial charge < -0.3 is 10.1 Å². The summed E-state index contributed by atoms with van der Waals surface area (Å²) in [5.41, 5.74) is 1.71. The highest BCUT2D eigenvalue weighted by Gasteiger charge is 2.43. The Kier molecular flexibility index (Phi) is 2.69. The van der Waals surface area contributed by atoms with E-state index < -0.39 is 12.3 Å². The largest absolute Gasteiger partial charge is 0.477 e. The van der Waals surface area contributed by atoms with Crippen LogP contribution in [0.2, 0.25) is 0 Å². The van der Waals surface area contributed by atoms with Gasteiger partial charge in [0.2, 0.25) is 6.10 Å². The molecule has 1 aromatic rings. The second kappa shape index (κ2) is 3.88. The van der Waals surface area contributed by atoms with Crippen molar-refractivity contribution in [3.63, 3.8) is 0 Å². The first-order valence-corrected chi connectivity index (χ1v) is 5.11. The van der Waals surface area contributed by atoms with Gasteiger partial charge in [0.15, 0.2) is 0 Å². The monoisotopic (exact) mass is 231 g/mol. The van der Waals surface area contributed by atoms with Crippen molar-refractivity contribution >= 4 is 5.69 Å². The van der Waals surface area contributed by atoms with E-state index in [4.69, 9.17) is 4.74 Å². The van der Waals surface area contributed by atoms with Gasteiger partial charge in [-0.1, -0.05) is 13.0 Å². The Morgan fingerprint density at radius 3 is 2.81 bits per heavy atom. The fourth-order valence-corrected chi connectivity index (χ4v) is 1.62. The highest BCUT2D eigenvalue weighted by molar-refractivity contribution is 5.59. The van der Waals surface area contributed by atoms with Gasteiger partial charge in [0.05, 0.1) is 12.2 Å². The summed E-state index contributed by atoms with van der Waals surface area (Å²) < 4.78 is 42.2. The molecule has 1 unspecified atom stereocenters. The summed E-state index contributed by atoms with van der Waals surface area (Å²) in [6.07, 6.45) is -5.24. The van der Waals surface area contributed by atoms with Crippen molar-refractivity contribution in [3.8, 4) is 5.75 Å². The molecule has 1 atom stereocenters. The number of rotatable bonds is 1. The molecule has 1 aliphatic rings. The van der Waals surface area contributed by atoms with E-state index in [9.17, 15) is 13.2 Å². The fourth-order valence-electron chi connectivity index (χ4n) is 1.62. The Morgan fingerprint density at radius 1 is 1.44 bits per heavy atom. The molecule has 1 aliphatic heterocycles. The Morgan fingerprint density at radius 2 is 2.19 bits per heavy atom. The molecule has 0 aliphatic carbocycles. The van der Waals surface area contributed by atoms with E-state index in [-0.39, 0.29) is 12.3 Å². The van der Waals surface area contributed by atoms with Crippen LogP contribution in [0.4, 0.5) is 18.9 Å². The SMILES string of the molecule is CCc1ccc2c(c1)NCC(C(F)(F)F)O2. The van der Waals surface area contributed by atoms with E-state index in [1.165, 1.54) is 0 Å². The molecular weight excluding hydrogens is 219 g/mol. The van der Waals surface area contributed by atoms with Crippen molar-refractivity contribution in [1.29, 1.82) is 0 Å². The number of benzene rings is 1. The molecule has 0 bridgehead atoms. The third-order valence-electron chi connectivity index (χ3n) is 2.56. The van der Waals surface area contributed by atoms with E-state index in [1.54, 1.807) is 12.1 Å². The van der Waals surface area contributed by atoms with Gasteiger partial charge in [0.1, 0.15) is 5.75 Å². The smallest absolute Gasteiger partial charge is 0.427 e. The minimum atomic E-state index is -4.33. The molecule has 0 saturated heterocycles. The summed E-state index contributed by atoms with van der Waals surface area (Å²) in [7, 11) is 0. The second-order valence-electron chi connectivity index (χ2n) is 3.71. The Labute approximate surface area is 91.4 Å². The predicted molar refractivity (Wildman–Crippen MR) is 54.8 cm³/mol. The van der Waals surface area contributed by atoms with Crippen LogP contribution in [-0.4, -0.2) is 18.8 Å². The van der Waals surface area contributed by atoms with Crippen LogP contribution in [-0.2, 0) is 6.42 Å². The number of aryl methyl sites for hydroxylation is 1. The predicted octanol–water partition coefficient (Wildman–Crippen LogP) is 2.98. The average Bonchev–Trinajstić information content (AvgIpc) is 2.26. The second-order valence-corrected chi connectivity index (χ2v) is 3.71. The van der Waals surface area contributed by atoms with Gasteiger partial charge in [-0.2, -0.15) is 13.2 Å². The number of halogens is 3. The minimum absolute atomic E-state index is 0.232.